The number of thiophene rings is 1. The van der Waals surface area contributed by atoms with E-state index >= 15 is 0 Å². The van der Waals surface area contributed by atoms with Gasteiger partial charge in [0.1, 0.15) is 6.17 Å². The van der Waals surface area contributed by atoms with Gasteiger partial charge in [0.15, 0.2) is 0 Å². The highest BCUT2D eigenvalue weighted by atomic mass is 32.2. The molecule has 0 spiro atoms. The summed E-state index contributed by atoms with van der Waals surface area (Å²) in [6.07, 6.45) is 0.380. The van der Waals surface area contributed by atoms with Gasteiger partial charge in [0, 0.05) is 23.5 Å². The van der Waals surface area contributed by atoms with E-state index < -0.39 is 16.1 Å². The number of amides is 1. The lowest BCUT2D eigenvalue weighted by molar-refractivity contribution is 0.0925. The van der Waals surface area contributed by atoms with Crippen LogP contribution in [-0.2, 0) is 23.0 Å². The molecule has 0 saturated carbocycles. The summed E-state index contributed by atoms with van der Waals surface area (Å²) in [5.41, 5.74) is 13.8. The molecule has 172 valence electrons. The van der Waals surface area contributed by atoms with E-state index in [4.69, 9.17) is 0 Å². The molecule has 3 aromatic rings. The lowest BCUT2D eigenvalue weighted by Gasteiger charge is -2.26. The van der Waals surface area contributed by atoms with Gasteiger partial charge in [0.25, 0.3) is 5.91 Å². The zero-order valence-corrected chi connectivity index (χ0v) is 19.2. The number of hydrogen-bond donors (Lipinski definition) is 5. The summed E-state index contributed by atoms with van der Waals surface area (Å²) in [7, 11) is -3.72. The first-order valence-corrected chi connectivity index (χ1v) is 12.9. The average Bonchev–Trinajstić information content (AvgIpc) is 3.55. The molecule has 2 aromatic carbocycles. The third-order valence-electron chi connectivity index (χ3n) is 5.80. The fourth-order valence-corrected chi connectivity index (χ4v) is 6.40. The van der Waals surface area contributed by atoms with Crippen LogP contribution in [0.15, 0.2) is 70.9 Å². The van der Waals surface area contributed by atoms with Gasteiger partial charge in [-0.1, -0.05) is 36.4 Å². The Morgan fingerprint density at radius 2 is 1.85 bits per heavy atom. The topological polar surface area (TPSA) is 115 Å². The predicted octanol–water partition coefficient (Wildman–Crippen LogP) is 1.41. The number of nitrogens with one attached hydrogen (secondary N) is 5. The Labute approximate surface area is 196 Å². The normalized spacial score (nSPS) is 18.1. The molecule has 0 bridgehead atoms. The lowest BCUT2D eigenvalue weighted by atomic mass is 10.0. The highest BCUT2D eigenvalue weighted by Gasteiger charge is 2.31. The first-order valence-electron chi connectivity index (χ1n) is 10.5. The zero-order chi connectivity index (χ0) is 22.8. The van der Waals surface area contributed by atoms with Crippen molar-refractivity contribution in [3.8, 4) is 0 Å². The van der Waals surface area contributed by atoms with Gasteiger partial charge in [-0.05, 0) is 47.2 Å². The number of hydrogen-bond acceptors (Lipinski definition) is 8. The zero-order valence-electron chi connectivity index (χ0n) is 17.6. The molecule has 1 aromatic heterocycles. The van der Waals surface area contributed by atoms with Crippen LogP contribution < -0.4 is 27.2 Å². The Morgan fingerprint density at radius 1 is 1.06 bits per heavy atom. The second-order valence-corrected chi connectivity index (χ2v) is 10.8. The minimum Gasteiger partial charge on any atom is -0.342 e. The number of rotatable bonds is 6. The van der Waals surface area contributed by atoms with Crippen molar-refractivity contribution < 1.29 is 13.2 Å². The van der Waals surface area contributed by atoms with Crippen molar-refractivity contribution in [2.75, 3.05) is 6.54 Å². The maximum Gasteiger partial charge on any atom is 0.251 e. The highest BCUT2D eigenvalue weighted by molar-refractivity contribution is 7.89. The summed E-state index contributed by atoms with van der Waals surface area (Å²) in [4.78, 5) is 14.5. The summed E-state index contributed by atoms with van der Waals surface area (Å²) in [5.74, 6) is -0.366. The molecule has 9 nitrogen and oxygen atoms in total. The molecule has 3 heterocycles. The summed E-state index contributed by atoms with van der Waals surface area (Å²) < 4.78 is 28.1. The number of carbonyl (C=O) groups excluding carboxylic acids is 1. The highest BCUT2D eigenvalue weighted by Crippen LogP contribution is 2.28. The Balaban J connectivity index is 1.37. The maximum absolute atomic E-state index is 13.3. The van der Waals surface area contributed by atoms with E-state index in [9.17, 15) is 13.2 Å². The molecule has 11 heteroatoms. The molecule has 33 heavy (non-hydrogen) atoms. The standard InChI is InChI=1S/C22H24N6O3S2/c29-22(23-20(21-24-26-27-25-21)15-5-2-1-3-6-15)16-7-4-8-18(13-16)33(30,31)28-11-9-19-17(14-28)10-12-32-19/h1-8,10,12-13,20-21,24-27H,9,11,14H2,(H,23,29). The molecular formula is C22H24N6O3S2. The number of sulfonamides is 1. The summed E-state index contributed by atoms with van der Waals surface area (Å²) in [6, 6.07) is 17.3. The number of nitrogens with zero attached hydrogens (tertiary/aromatic N) is 1. The first kappa shape index (κ1) is 22.2. The van der Waals surface area contributed by atoms with Crippen molar-refractivity contribution in [2.24, 2.45) is 0 Å². The van der Waals surface area contributed by atoms with E-state index in [0.717, 1.165) is 11.1 Å². The van der Waals surface area contributed by atoms with Crippen LogP contribution in [0, 0.1) is 0 Å². The van der Waals surface area contributed by atoms with E-state index in [1.165, 1.54) is 21.3 Å². The van der Waals surface area contributed by atoms with Crippen LogP contribution in [0.5, 0.6) is 0 Å². The van der Waals surface area contributed by atoms with Gasteiger partial charge in [0.2, 0.25) is 10.0 Å². The van der Waals surface area contributed by atoms with E-state index in [-0.39, 0.29) is 22.5 Å². The number of benzene rings is 2. The van der Waals surface area contributed by atoms with Crippen LogP contribution in [-0.4, -0.2) is 31.3 Å². The van der Waals surface area contributed by atoms with Gasteiger partial charge in [-0.3, -0.25) is 4.79 Å². The average molecular weight is 485 g/mol. The number of fused-ring (bicyclic) bond motifs is 1. The number of carbonyl (C=O) groups is 1. The summed E-state index contributed by atoms with van der Waals surface area (Å²) in [5, 5.41) is 5.00. The summed E-state index contributed by atoms with van der Waals surface area (Å²) >= 11 is 1.66. The van der Waals surface area contributed by atoms with Crippen LogP contribution in [0.3, 0.4) is 0 Å². The largest absolute Gasteiger partial charge is 0.342 e. The summed E-state index contributed by atoms with van der Waals surface area (Å²) in [6.45, 7) is 0.786. The van der Waals surface area contributed by atoms with Crippen LogP contribution >= 0.6 is 11.3 Å². The molecule has 1 atom stereocenters. The van der Waals surface area contributed by atoms with Gasteiger partial charge in [-0.25, -0.2) is 19.3 Å². The third-order valence-corrected chi connectivity index (χ3v) is 8.67. The smallest absolute Gasteiger partial charge is 0.251 e. The molecule has 2 aliphatic heterocycles. The van der Waals surface area contributed by atoms with Gasteiger partial charge in [-0.15, -0.1) is 11.3 Å². The van der Waals surface area contributed by atoms with Crippen LogP contribution in [0.25, 0.3) is 0 Å². The Hall–Kier alpha value is -2.64. The van der Waals surface area contributed by atoms with E-state index in [1.54, 1.807) is 23.5 Å². The fraction of sp³-hybridized carbons (Fsp3) is 0.227. The Morgan fingerprint density at radius 3 is 2.64 bits per heavy atom. The van der Waals surface area contributed by atoms with Crippen molar-refractivity contribution in [2.45, 2.75) is 30.1 Å². The monoisotopic (exact) mass is 484 g/mol. The van der Waals surface area contributed by atoms with Crippen LogP contribution in [0.1, 0.15) is 32.4 Å². The molecule has 0 radical (unpaired) electrons. The van der Waals surface area contributed by atoms with Gasteiger partial charge < -0.3 is 5.32 Å². The first-order chi connectivity index (χ1) is 16.0. The molecule has 5 rings (SSSR count). The molecule has 1 fully saturated rings. The van der Waals surface area contributed by atoms with E-state index in [2.05, 4.69) is 27.2 Å². The Kier molecular flexibility index (Phi) is 6.25. The molecule has 5 N–H and O–H groups in total. The lowest BCUT2D eigenvalue weighted by Crippen LogP contribution is -2.47. The second kappa shape index (κ2) is 9.31. The number of hydrazine groups is 3. The van der Waals surface area contributed by atoms with Crippen molar-refractivity contribution in [1.29, 1.82) is 0 Å². The van der Waals surface area contributed by atoms with Crippen molar-refractivity contribution in [1.82, 2.24) is 31.5 Å². The minimum atomic E-state index is -3.72. The molecule has 0 aliphatic carbocycles. The predicted molar refractivity (Wildman–Crippen MR) is 125 cm³/mol. The molecule has 1 amide bonds. The second-order valence-electron chi connectivity index (χ2n) is 7.86. The minimum absolute atomic E-state index is 0.116. The van der Waals surface area contributed by atoms with Crippen molar-refractivity contribution in [3.05, 3.63) is 87.6 Å². The molecule has 1 unspecified atom stereocenters. The van der Waals surface area contributed by atoms with E-state index in [0.29, 0.717) is 19.5 Å². The third kappa shape index (κ3) is 4.57. The van der Waals surface area contributed by atoms with E-state index in [1.807, 2.05) is 41.8 Å². The van der Waals surface area contributed by atoms with Gasteiger partial charge in [0.05, 0.1) is 10.9 Å². The molecule has 2 aliphatic rings. The fourth-order valence-electron chi connectivity index (χ4n) is 4.05. The van der Waals surface area contributed by atoms with Crippen molar-refractivity contribution >= 4 is 27.3 Å². The SMILES string of the molecule is O=C(NC(c1ccccc1)C1NNNN1)c1cccc(S(=O)(=O)N2CCc3sccc3C2)c1. The van der Waals surface area contributed by atoms with Gasteiger partial charge in [-0.2, -0.15) is 15.4 Å². The van der Waals surface area contributed by atoms with Crippen molar-refractivity contribution in [3.63, 3.8) is 0 Å². The molecule has 1 saturated heterocycles. The maximum atomic E-state index is 13.3. The van der Waals surface area contributed by atoms with Gasteiger partial charge >= 0.3 is 0 Å². The van der Waals surface area contributed by atoms with Crippen LogP contribution in [0.4, 0.5) is 0 Å². The Bertz CT molecular complexity index is 1240. The molecular weight excluding hydrogens is 460 g/mol. The van der Waals surface area contributed by atoms with Crippen LogP contribution in [0.2, 0.25) is 0 Å². The quantitative estimate of drug-likeness (QED) is 0.359.